The first-order valence-corrected chi connectivity index (χ1v) is 8.29. The second kappa shape index (κ2) is 6.06. The number of fused-ring (bicyclic) bond motifs is 3. The van der Waals surface area contributed by atoms with E-state index in [1.54, 1.807) is 24.3 Å². The molecule has 1 unspecified atom stereocenters. The summed E-state index contributed by atoms with van der Waals surface area (Å²) in [5.41, 5.74) is 2.24. The molecule has 1 atom stereocenters. The van der Waals surface area contributed by atoms with Gasteiger partial charge in [0, 0.05) is 11.3 Å². The zero-order valence-corrected chi connectivity index (χ0v) is 13.6. The van der Waals surface area contributed by atoms with Crippen molar-refractivity contribution < 1.29 is 14.7 Å². The zero-order valence-electron chi connectivity index (χ0n) is 13.6. The number of aliphatic carboxylic acids is 1. The zero-order chi connectivity index (χ0) is 17.4. The van der Waals surface area contributed by atoms with Crippen LogP contribution < -0.4 is 4.90 Å². The molecule has 4 nitrogen and oxygen atoms in total. The molecular formula is C21H17NO3. The number of amides is 1. The average molecular weight is 331 g/mol. The maximum atomic E-state index is 13.1. The number of carbonyl (C=O) groups is 2. The molecule has 0 saturated heterocycles. The largest absolute Gasteiger partial charge is 0.480 e. The van der Waals surface area contributed by atoms with Gasteiger partial charge in [-0.15, -0.1) is 0 Å². The van der Waals surface area contributed by atoms with E-state index in [9.17, 15) is 14.7 Å². The Morgan fingerprint density at radius 2 is 1.64 bits per heavy atom. The fourth-order valence-corrected chi connectivity index (χ4v) is 3.60. The van der Waals surface area contributed by atoms with Crippen LogP contribution in [0.25, 0.3) is 10.8 Å². The summed E-state index contributed by atoms with van der Waals surface area (Å²) in [6.45, 7) is 0. The summed E-state index contributed by atoms with van der Waals surface area (Å²) in [4.78, 5) is 26.3. The highest BCUT2D eigenvalue weighted by Crippen LogP contribution is 2.37. The number of rotatable bonds is 2. The molecule has 1 aliphatic heterocycles. The van der Waals surface area contributed by atoms with E-state index < -0.39 is 12.0 Å². The topological polar surface area (TPSA) is 57.6 Å². The molecule has 3 aromatic carbocycles. The van der Waals surface area contributed by atoms with Crippen molar-refractivity contribution in [1.82, 2.24) is 0 Å². The Morgan fingerprint density at radius 3 is 2.40 bits per heavy atom. The van der Waals surface area contributed by atoms with Gasteiger partial charge in [0.15, 0.2) is 0 Å². The number of aryl methyl sites for hydroxylation is 1. The Labute approximate surface area is 145 Å². The number of carbonyl (C=O) groups excluding carboxylic acids is 1. The summed E-state index contributed by atoms with van der Waals surface area (Å²) in [5, 5.41) is 11.8. The molecule has 4 heteroatoms. The fraction of sp³-hybridized carbons (Fsp3) is 0.143. The van der Waals surface area contributed by atoms with Gasteiger partial charge in [-0.1, -0.05) is 48.5 Å². The molecular weight excluding hydrogens is 314 g/mol. The second-order valence-corrected chi connectivity index (χ2v) is 6.22. The van der Waals surface area contributed by atoms with Crippen molar-refractivity contribution in [2.45, 2.75) is 18.9 Å². The third-order valence-corrected chi connectivity index (χ3v) is 4.78. The summed E-state index contributed by atoms with van der Waals surface area (Å²) in [6, 6.07) is 19.8. The van der Waals surface area contributed by atoms with E-state index in [4.69, 9.17) is 0 Å². The molecule has 4 rings (SSSR count). The highest BCUT2D eigenvalue weighted by atomic mass is 16.4. The lowest BCUT2D eigenvalue weighted by Gasteiger charge is -2.35. The maximum absolute atomic E-state index is 13.1. The Hall–Kier alpha value is -3.14. The van der Waals surface area contributed by atoms with Gasteiger partial charge < -0.3 is 5.11 Å². The fourth-order valence-electron chi connectivity index (χ4n) is 3.60. The van der Waals surface area contributed by atoms with E-state index in [2.05, 4.69) is 0 Å². The molecule has 25 heavy (non-hydrogen) atoms. The Morgan fingerprint density at radius 1 is 0.920 bits per heavy atom. The molecule has 0 aliphatic carbocycles. The van der Waals surface area contributed by atoms with Crippen LogP contribution in [0.5, 0.6) is 0 Å². The SMILES string of the molecule is O=C(O)C1CCc2c(ccc3ccccc23)N1C(=O)c1ccccc1. The van der Waals surface area contributed by atoms with Crippen molar-refractivity contribution in [3.05, 3.63) is 77.9 Å². The third-order valence-electron chi connectivity index (χ3n) is 4.78. The number of anilines is 1. The third kappa shape index (κ3) is 2.56. The van der Waals surface area contributed by atoms with Gasteiger partial charge >= 0.3 is 5.97 Å². The van der Waals surface area contributed by atoms with Crippen LogP contribution in [0.15, 0.2) is 66.7 Å². The number of benzene rings is 3. The van der Waals surface area contributed by atoms with E-state index in [-0.39, 0.29) is 5.91 Å². The maximum Gasteiger partial charge on any atom is 0.326 e. The van der Waals surface area contributed by atoms with Crippen LogP contribution in [-0.2, 0) is 11.2 Å². The Balaban J connectivity index is 1.90. The molecule has 3 aromatic rings. The summed E-state index contributed by atoms with van der Waals surface area (Å²) in [5.74, 6) is -1.24. The smallest absolute Gasteiger partial charge is 0.326 e. The van der Waals surface area contributed by atoms with Gasteiger partial charge in [0.25, 0.3) is 5.91 Å². The van der Waals surface area contributed by atoms with E-state index >= 15 is 0 Å². The van der Waals surface area contributed by atoms with Crippen LogP contribution in [0.4, 0.5) is 5.69 Å². The van der Waals surface area contributed by atoms with Crippen molar-refractivity contribution in [3.63, 3.8) is 0 Å². The summed E-state index contributed by atoms with van der Waals surface area (Å²) in [6.07, 6.45) is 1.06. The van der Waals surface area contributed by atoms with Crippen molar-refractivity contribution in [1.29, 1.82) is 0 Å². The van der Waals surface area contributed by atoms with Gasteiger partial charge in [0.05, 0.1) is 0 Å². The Kier molecular flexibility index (Phi) is 3.73. The van der Waals surface area contributed by atoms with E-state index in [1.807, 2.05) is 42.5 Å². The lowest BCUT2D eigenvalue weighted by atomic mass is 9.90. The first kappa shape index (κ1) is 15.4. The quantitative estimate of drug-likeness (QED) is 0.775. The van der Waals surface area contributed by atoms with Gasteiger partial charge in [-0.05, 0) is 47.4 Å². The molecule has 0 spiro atoms. The number of hydrogen-bond donors (Lipinski definition) is 1. The standard InChI is InChI=1S/C21H17NO3/c23-20(15-7-2-1-3-8-15)22-18-12-10-14-6-4-5-9-16(14)17(18)11-13-19(22)21(24)25/h1-10,12,19H,11,13H2,(H,24,25). The monoisotopic (exact) mass is 331 g/mol. The predicted octanol–water partition coefficient (Wildman–Crippen LogP) is 3.89. The minimum absolute atomic E-state index is 0.274. The highest BCUT2D eigenvalue weighted by molar-refractivity contribution is 6.11. The minimum Gasteiger partial charge on any atom is -0.480 e. The van der Waals surface area contributed by atoms with Gasteiger partial charge in [-0.2, -0.15) is 0 Å². The molecule has 0 saturated carbocycles. The molecule has 0 radical (unpaired) electrons. The molecule has 0 bridgehead atoms. The summed E-state index contributed by atoms with van der Waals surface area (Å²) >= 11 is 0. The molecule has 124 valence electrons. The molecule has 0 aromatic heterocycles. The van der Waals surface area contributed by atoms with Crippen LogP contribution in [0.3, 0.4) is 0 Å². The summed E-state index contributed by atoms with van der Waals surface area (Å²) < 4.78 is 0. The molecule has 0 fully saturated rings. The van der Waals surface area contributed by atoms with Crippen LogP contribution in [0.2, 0.25) is 0 Å². The van der Waals surface area contributed by atoms with E-state index in [1.165, 1.54) is 4.90 Å². The van der Waals surface area contributed by atoms with Crippen molar-refractivity contribution >= 4 is 28.3 Å². The normalized spacial score (nSPS) is 16.5. The lowest BCUT2D eigenvalue weighted by molar-refractivity contribution is -0.138. The highest BCUT2D eigenvalue weighted by Gasteiger charge is 2.36. The van der Waals surface area contributed by atoms with Crippen LogP contribution in [0.1, 0.15) is 22.3 Å². The second-order valence-electron chi connectivity index (χ2n) is 6.22. The molecule has 1 aliphatic rings. The number of carboxylic acid groups (broad SMARTS) is 1. The van der Waals surface area contributed by atoms with Crippen molar-refractivity contribution in [3.8, 4) is 0 Å². The van der Waals surface area contributed by atoms with Gasteiger partial charge in [-0.3, -0.25) is 9.69 Å². The number of hydrogen-bond acceptors (Lipinski definition) is 2. The first-order valence-electron chi connectivity index (χ1n) is 8.29. The van der Waals surface area contributed by atoms with E-state index in [0.717, 1.165) is 16.3 Å². The van der Waals surface area contributed by atoms with Crippen LogP contribution in [0, 0.1) is 0 Å². The Bertz CT molecular complexity index is 965. The molecule has 1 N–H and O–H groups in total. The van der Waals surface area contributed by atoms with Crippen molar-refractivity contribution in [2.75, 3.05) is 4.90 Å². The van der Waals surface area contributed by atoms with Crippen molar-refractivity contribution in [2.24, 2.45) is 0 Å². The van der Waals surface area contributed by atoms with E-state index in [0.29, 0.717) is 24.1 Å². The van der Waals surface area contributed by atoms with Gasteiger partial charge in [0.1, 0.15) is 6.04 Å². The number of nitrogens with zero attached hydrogens (tertiary/aromatic N) is 1. The van der Waals surface area contributed by atoms with Crippen LogP contribution >= 0.6 is 0 Å². The summed E-state index contributed by atoms with van der Waals surface area (Å²) in [7, 11) is 0. The van der Waals surface area contributed by atoms with Gasteiger partial charge in [0.2, 0.25) is 0 Å². The van der Waals surface area contributed by atoms with Crippen LogP contribution in [-0.4, -0.2) is 23.0 Å². The van der Waals surface area contributed by atoms with Gasteiger partial charge in [-0.25, -0.2) is 4.79 Å². The molecule has 1 heterocycles. The predicted molar refractivity (Wildman–Crippen MR) is 96.9 cm³/mol. The minimum atomic E-state index is -0.969. The first-order chi connectivity index (χ1) is 12.2. The molecule has 1 amide bonds. The average Bonchev–Trinajstić information content (AvgIpc) is 2.66. The number of carboxylic acids is 1. The lowest BCUT2D eigenvalue weighted by Crippen LogP contribution is -2.48.